The molecule has 1 aliphatic rings. The van der Waals surface area contributed by atoms with Crippen molar-refractivity contribution in [3.05, 3.63) is 41.0 Å². The van der Waals surface area contributed by atoms with Crippen LogP contribution in [0.15, 0.2) is 29.8 Å². The lowest BCUT2D eigenvalue weighted by Crippen LogP contribution is -2.03. The number of rotatable bonds is 3. The van der Waals surface area contributed by atoms with Crippen LogP contribution >= 0.6 is 0 Å². The predicted molar refractivity (Wildman–Crippen MR) is 73.2 cm³/mol. The molecule has 3 heteroatoms. The van der Waals surface area contributed by atoms with Gasteiger partial charge in [0.2, 0.25) is 0 Å². The number of hydrogen-bond donors (Lipinski definition) is 1. The van der Waals surface area contributed by atoms with E-state index in [-0.39, 0.29) is 11.3 Å². The summed E-state index contributed by atoms with van der Waals surface area (Å²) in [6, 6.07) is 10.0. The molecule has 98 valence electrons. The largest absolute Gasteiger partial charge is 0.481 e. The van der Waals surface area contributed by atoms with Gasteiger partial charge >= 0.3 is 5.97 Å². The molecule has 0 aliphatic heterocycles. The number of carbonyl (C=O) groups is 1. The van der Waals surface area contributed by atoms with Crippen molar-refractivity contribution >= 4 is 12.0 Å². The number of hydrogen-bond acceptors (Lipinski definition) is 2. The van der Waals surface area contributed by atoms with Crippen LogP contribution in [0.25, 0.3) is 6.08 Å². The SMILES string of the molecule is Cc1ccc(C=C(C#N)C2C(C(=O)O)C2(C)C)cc1. The normalized spacial score (nSPS) is 24.6. The van der Waals surface area contributed by atoms with Crippen LogP contribution in [-0.4, -0.2) is 11.1 Å². The highest BCUT2D eigenvalue weighted by atomic mass is 16.4. The third-order valence-corrected chi connectivity index (χ3v) is 3.96. The molecular formula is C16H17NO2. The second kappa shape index (κ2) is 4.55. The molecule has 19 heavy (non-hydrogen) atoms. The number of nitriles is 1. The Balaban J connectivity index is 2.30. The van der Waals surface area contributed by atoms with Gasteiger partial charge in [-0.1, -0.05) is 43.7 Å². The summed E-state index contributed by atoms with van der Waals surface area (Å²) >= 11 is 0. The Hall–Kier alpha value is -2.08. The van der Waals surface area contributed by atoms with Crippen LogP contribution in [0.1, 0.15) is 25.0 Å². The lowest BCUT2D eigenvalue weighted by molar-refractivity contribution is -0.139. The van der Waals surface area contributed by atoms with E-state index in [0.29, 0.717) is 5.57 Å². The first-order valence-corrected chi connectivity index (χ1v) is 6.29. The summed E-state index contributed by atoms with van der Waals surface area (Å²) in [5.41, 5.74) is 2.32. The van der Waals surface area contributed by atoms with E-state index in [2.05, 4.69) is 6.07 Å². The smallest absolute Gasteiger partial charge is 0.307 e. The minimum Gasteiger partial charge on any atom is -0.481 e. The summed E-state index contributed by atoms with van der Waals surface area (Å²) in [6.07, 6.45) is 1.80. The molecule has 1 saturated carbocycles. The Bertz CT molecular complexity index is 576. The summed E-state index contributed by atoms with van der Waals surface area (Å²) in [6.45, 7) is 5.80. The molecule has 0 radical (unpaired) electrons. The highest BCUT2D eigenvalue weighted by Crippen LogP contribution is 2.61. The van der Waals surface area contributed by atoms with Crippen LogP contribution in [-0.2, 0) is 4.79 Å². The lowest BCUT2D eigenvalue weighted by atomic mass is 10.0. The van der Waals surface area contributed by atoms with Crippen LogP contribution in [0.5, 0.6) is 0 Å². The Morgan fingerprint density at radius 2 is 1.89 bits per heavy atom. The minimum atomic E-state index is -0.819. The maximum absolute atomic E-state index is 11.2. The topological polar surface area (TPSA) is 61.1 Å². The number of benzene rings is 1. The molecule has 0 spiro atoms. The van der Waals surface area contributed by atoms with Crippen molar-refractivity contribution in [3.63, 3.8) is 0 Å². The van der Waals surface area contributed by atoms with Crippen LogP contribution in [0.3, 0.4) is 0 Å². The molecular weight excluding hydrogens is 238 g/mol. The summed E-state index contributed by atoms with van der Waals surface area (Å²) in [5.74, 6) is -1.46. The first-order chi connectivity index (χ1) is 8.87. The first kappa shape index (κ1) is 13.4. The summed E-state index contributed by atoms with van der Waals surface area (Å²) in [7, 11) is 0. The molecule has 1 aromatic carbocycles. The number of nitrogens with zero attached hydrogens (tertiary/aromatic N) is 1. The summed E-state index contributed by atoms with van der Waals surface area (Å²) in [5, 5.41) is 18.4. The Morgan fingerprint density at radius 3 is 2.32 bits per heavy atom. The molecule has 2 unspecified atom stereocenters. The molecule has 0 saturated heterocycles. The molecule has 2 rings (SSSR count). The first-order valence-electron chi connectivity index (χ1n) is 6.29. The number of allylic oxidation sites excluding steroid dienone is 1. The zero-order chi connectivity index (χ0) is 14.2. The fourth-order valence-electron chi connectivity index (χ4n) is 2.71. The summed E-state index contributed by atoms with van der Waals surface area (Å²) in [4.78, 5) is 11.2. The summed E-state index contributed by atoms with van der Waals surface area (Å²) < 4.78 is 0. The van der Waals surface area contributed by atoms with Gasteiger partial charge < -0.3 is 5.11 Å². The zero-order valence-electron chi connectivity index (χ0n) is 11.3. The van der Waals surface area contributed by atoms with Crippen LogP contribution < -0.4 is 0 Å². The molecule has 1 aliphatic carbocycles. The van der Waals surface area contributed by atoms with Gasteiger partial charge in [0.25, 0.3) is 0 Å². The predicted octanol–water partition coefficient (Wildman–Crippen LogP) is 3.26. The highest BCUT2D eigenvalue weighted by molar-refractivity contribution is 5.78. The fourth-order valence-corrected chi connectivity index (χ4v) is 2.71. The van der Waals surface area contributed by atoms with Gasteiger partial charge in [-0.15, -0.1) is 0 Å². The molecule has 0 amide bonds. The highest BCUT2D eigenvalue weighted by Gasteiger charge is 2.63. The number of aryl methyl sites for hydroxylation is 1. The number of aliphatic carboxylic acids is 1. The van der Waals surface area contributed by atoms with E-state index in [1.807, 2.05) is 45.0 Å². The van der Waals surface area contributed by atoms with Crippen LogP contribution in [0.4, 0.5) is 0 Å². The molecule has 0 heterocycles. The standard InChI is InChI=1S/C16H17NO2/c1-10-4-6-11(7-5-10)8-12(9-17)13-14(15(18)19)16(13,2)3/h4-8,13-14H,1-3H3,(H,18,19). The number of carboxylic acids is 1. The molecule has 1 aromatic rings. The monoisotopic (exact) mass is 255 g/mol. The van der Waals surface area contributed by atoms with E-state index in [4.69, 9.17) is 5.11 Å². The average molecular weight is 255 g/mol. The van der Waals surface area contributed by atoms with Gasteiger partial charge in [-0.2, -0.15) is 5.26 Å². The number of carboxylic acid groups (broad SMARTS) is 1. The van der Waals surface area contributed by atoms with Gasteiger partial charge in [0, 0.05) is 11.5 Å². The third-order valence-electron chi connectivity index (χ3n) is 3.96. The zero-order valence-corrected chi connectivity index (χ0v) is 11.3. The van der Waals surface area contributed by atoms with Crippen molar-refractivity contribution < 1.29 is 9.90 Å². The van der Waals surface area contributed by atoms with E-state index in [1.165, 1.54) is 0 Å². The van der Waals surface area contributed by atoms with Crippen LogP contribution in [0.2, 0.25) is 0 Å². The van der Waals surface area contributed by atoms with Gasteiger partial charge in [0.05, 0.1) is 12.0 Å². The van der Waals surface area contributed by atoms with Crippen molar-refractivity contribution in [2.24, 2.45) is 17.3 Å². The third kappa shape index (κ3) is 2.39. The van der Waals surface area contributed by atoms with Gasteiger partial charge in [0.1, 0.15) is 0 Å². The molecule has 0 bridgehead atoms. The molecule has 2 atom stereocenters. The van der Waals surface area contributed by atoms with E-state index in [1.54, 1.807) is 6.08 Å². The minimum absolute atomic E-state index is 0.184. The lowest BCUT2D eigenvalue weighted by Gasteiger charge is -2.01. The van der Waals surface area contributed by atoms with Crippen molar-refractivity contribution in [2.45, 2.75) is 20.8 Å². The Kier molecular flexibility index (Phi) is 3.20. The van der Waals surface area contributed by atoms with Gasteiger partial charge in [-0.05, 0) is 24.0 Å². The molecule has 3 nitrogen and oxygen atoms in total. The van der Waals surface area contributed by atoms with E-state index in [0.717, 1.165) is 11.1 Å². The molecule has 1 fully saturated rings. The second-order valence-corrected chi connectivity index (χ2v) is 5.74. The molecule has 0 aromatic heterocycles. The van der Waals surface area contributed by atoms with Crippen molar-refractivity contribution in [3.8, 4) is 6.07 Å². The maximum atomic E-state index is 11.2. The fraction of sp³-hybridized carbons (Fsp3) is 0.375. The molecule has 1 N–H and O–H groups in total. The van der Waals surface area contributed by atoms with Gasteiger partial charge in [-0.25, -0.2) is 0 Å². The van der Waals surface area contributed by atoms with Gasteiger partial charge in [0.15, 0.2) is 0 Å². The Morgan fingerprint density at radius 1 is 1.32 bits per heavy atom. The average Bonchev–Trinajstić information content (AvgIpc) is 2.92. The van der Waals surface area contributed by atoms with Gasteiger partial charge in [-0.3, -0.25) is 4.79 Å². The van der Waals surface area contributed by atoms with Crippen molar-refractivity contribution in [2.75, 3.05) is 0 Å². The van der Waals surface area contributed by atoms with Crippen LogP contribution in [0, 0.1) is 35.5 Å². The van der Waals surface area contributed by atoms with E-state index < -0.39 is 11.9 Å². The quantitative estimate of drug-likeness (QED) is 0.843. The van der Waals surface area contributed by atoms with Crippen molar-refractivity contribution in [1.82, 2.24) is 0 Å². The Labute approximate surface area is 113 Å². The maximum Gasteiger partial charge on any atom is 0.307 e. The van der Waals surface area contributed by atoms with E-state index in [9.17, 15) is 10.1 Å². The van der Waals surface area contributed by atoms with Crippen molar-refractivity contribution in [1.29, 1.82) is 5.26 Å². The second-order valence-electron chi connectivity index (χ2n) is 5.74. The van der Waals surface area contributed by atoms with E-state index >= 15 is 0 Å².